The molecule has 0 aromatic carbocycles. The van der Waals surface area contributed by atoms with Crippen molar-refractivity contribution in [3.8, 4) is 0 Å². The SMILES string of the molecule is CC1CN(c2nccc(CO)c2F)CC1C. The van der Waals surface area contributed by atoms with Crippen molar-refractivity contribution in [3.05, 3.63) is 23.6 Å². The third-order valence-electron chi connectivity index (χ3n) is 3.41. The molecule has 3 nitrogen and oxygen atoms in total. The highest BCUT2D eigenvalue weighted by atomic mass is 19.1. The Kier molecular flexibility index (Phi) is 3.10. The van der Waals surface area contributed by atoms with Crippen LogP contribution in [-0.2, 0) is 6.61 Å². The molecule has 1 aliphatic rings. The van der Waals surface area contributed by atoms with Crippen molar-refractivity contribution >= 4 is 5.82 Å². The number of pyridine rings is 1. The minimum atomic E-state index is -0.383. The fourth-order valence-corrected chi connectivity index (χ4v) is 2.12. The van der Waals surface area contributed by atoms with E-state index in [0.717, 1.165) is 13.1 Å². The summed E-state index contributed by atoms with van der Waals surface area (Å²) in [4.78, 5) is 6.04. The van der Waals surface area contributed by atoms with E-state index in [-0.39, 0.29) is 12.4 Å². The average Bonchev–Trinajstić information content (AvgIpc) is 2.59. The maximum atomic E-state index is 13.9. The van der Waals surface area contributed by atoms with E-state index in [2.05, 4.69) is 18.8 Å². The lowest BCUT2D eigenvalue weighted by atomic mass is 10.0. The van der Waals surface area contributed by atoms with E-state index in [9.17, 15) is 4.39 Å². The van der Waals surface area contributed by atoms with E-state index < -0.39 is 0 Å². The van der Waals surface area contributed by atoms with Crippen LogP contribution in [-0.4, -0.2) is 23.2 Å². The molecule has 0 spiro atoms. The first-order chi connectivity index (χ1) is 7.63. The average molecular weight is 224 g/mol. The van der Waals surface area contributed by atoms with Crippen LogP contribution in [0, 0.1) is 17.7 Å². The number of aromatic nitrogens is 1. The second-order valence-electron chi connectivity index (χ2n) is 4.63. The molecule has 4 heteroatoms. The lowest BCUT2D eigenvalue weighted by Crippen LogP contribution is -2.22. The van der Waals surface area contributed by atoms with Gasteiger partial charge in [-0.25, -0.2) is 9.37 Å². The first-order valence-corrected chi connectivity index (χ1v) is 5.62. The third kappa shape index (κ3) is 1.89. The number of aliphatic hydroxyl groups is 1. The highest BCUT2D eigenvalue weighted by molar-refractivity contribution is 5.44. The molecule has 2 unspecified atom stereocenters. The van der Waals surface area contributed by atoms with Crippen molar-refractivity contribution in [2.24, 2.45) is 11.8 Å². The lowest BCUT2D eigenvalue weighted by Gasteiger charge is -2.18. The zero-order chi connectivity index (χ0) is 11.7. The van der Waals surface area contributed by atoms with Gasteiger partial charge in [0.25, 0.3) is 0 Å². The van der Waals surface area contributed by atoms with E-state index >= 15 is 0 Å². The molecular formula is C12H17FN2O. The van der Waals surface area contributed by atoms with Crippen LogP contribution in [0.1, 0.15) is 19.4 Å². The number of nitrogens with zero attached hydrogens (tertiary/aromatic N) is 2. The van der Waals surface area contributed by atoms with Crippen molar-refractivity contribution in [1.29, 1.82) is 0 Å². The molecule has 1 fully saturated rings. The number of hydrogen-bond acceptors (Lipinski definition) is 3. The second-order valence-corrected chi connectivity index (χ2v) is 4.63. The highest BCUT2D eigenvalue weighted by Gasteiger charge is 2.28. The number of hydrogen-bond donors (Lipinski definition) is 1. The molecular weight excluding hydrogens is 207 g/mol. The Bertz CT molecular complexity index is 373. The molecule has 0 radical (unpaired) electrons. The lowest BCUT2D eigenvalue weighted by molar-refractivity contribution is 0.275. The number of rotatable bonds is 2. The topological polar surface area (TPSA) is 36.4 Å². The standard InChI is InChI=1S/C12H17FN2O/c1-8-5-15(6-9(8)2)12-11(13)10(7-16)3-4-14-12/h3-4,8-9,16H,5-7H2,1-2H3. The van der Waals surface area contributed by atoms with Gasteiger partial charge in [-0.2, -0.15) is 0 Å². The van der Waals surface area contributed by atoms with Gasteiger partial charge in [0.05, 0.1) is 6.61 Å². The van der Waals surface area contributed by atoms with Gasteiger partial charge in [-0.3, -0.25) is 0 Å². The summed E-state index contributed by atoms with van der Waals surface area (Å²) in [7, 11) is 0. The van der Waals surface area contributed by atoms with Gasteiger partial charge in [0, 0.05) is 24.8 Å². The molecule has 0 saturated carbocycles. The summed E-state index contributed by atoms with van der Waals surface area (Å²) in [6, 6.07) is 1.52. The first kappa shape index (κ1) is 11.3. The van der Waals surface area contributed by atoms with Gasteiger partial charge in [-0.1, -0.05) is 13.8 Å². The van der Waals surface area contributed by atoms with Crippen LogP contribution in [0.5, 0.6) is 0 Å². The summed E-state index contributed by atoms with van der Waals surface area (Å²) in [6.45, 7) is 5.72. The zero-order valence-electron chi connectivity index (χ0n) is 9.65. The van der Waals surface area contributed by atoms with E-state index in [1.54, 1.807) is 6.20 Å². The van der Waals surface area contributed by atoms with E-state index in [4.69, 9.17) is 5.11 Å². The van der Waals surface area contributed by atoms with Crippen LogP contribution in [0.15, 0.2) is 12.3 Å². The van der Waals surface area contributed by atoms with Gasteiger partial charge in [0.2, 0.25) is 0 Å². The minimum Gasteiger partial charge on any atom is -0.392 e. The first-order valence-electron chi connectivity index (χ1n) is 5.62. The summed E-state index contributed by atoms with van der Waals surface area (Å²) in [5.41, 5.74) is 0.317. The minimum absolute atomic E-state index is 0.277. The second kappa shape index (κ2) is 4.37. The summed E-state index contributed by atoms with van der Waals surface area (Å²) < 4.78 is 13.9. The Labute approximate surface area is 94.9 Å². The molecule has 2 heterocycles. The number of anilines is 1. The molecule has 1 aromatic rings. The van der Waals surface area contributed by atoms with Gasteiger partial charge in [-0.15, -0.1) is 0 Å². The molecule has 0 bridgehead atoms. The van der Waals surface area contributed by atoms with Gasteiger partial charge < -0.3 is 10.0 Å². The Hall–Kier alpha value is -1.16. The molecule has 2 rings (SSSR count). The van der Waals surface area contributed by atoms with E-state index in [0.29, 0.717) is 23.2 Å². The molecule has 1 saturated heterocycles. The number of aliphatic hydroxyl groups excluding tert-OH is 1. The molecule has 1 aliphatic heterocycles. The van der Waals surface area contributed by atoms with Crippen molar-refractivity contribution in [1.82, 2.24) is 4.98 Å². The Morgan fingerprint density at radius 3 is 2.62 bits per heavy atom. The molecule has 1 N–H and O–H groups in total. The summed E-state index contributed by atoms with van der Waals surface area (Å²) in [6.07, 6.45) is 1.55. The van der Waals surface area contributed by atoms with Crippen molar-refractivity contribution in [2.75, 3.05) is 18.0 Å². The largest absolute Gasteiger partial charge is 0.392 e. The zero-order valence-corrected chi connectivity index (χ0v) is 9.65. The van der Waals surface area contributed by atoms with Crippen LogP contribution in [0.25, 0.3) is 0 Å². The van der Waals surface area contributed by atoms with E-state index in [1.807, 2.05) is 4.90 Å². The molecule has 2 atom stereocenters. The van der Waals surface area contributed by atoms with Gasteiger partial charge in [-0.05, 0) is 17.9 Å². The van der Waals surface area contributed by atoms with Crippen LogP contribution in [0.2, 0.25) is 0 Å². The fourth-order valence-electron chi connectivity index (χ4n) is 2.12. The smallest absolute Gasteiger partial charge is 0.171 e. The fraction of sp³-hybridized carbons (Fsp3) is 0.583. The van der Waals surface area contributed by atoms with Crippen LogP contribution in [0.4, 0.5) is 10.2 Å². The molecule has 0 amide bonds. The van der Waals surface area contributed by atoms with Crippen molar-refractivity contribution in [2.45, 2.75) is 20.5 Å². The quantitative estimate of drug-likeness (QED) is 0.832. The Morgan fingerprint density at radius 2 is 2.06 bits per heavy atom. The van der Waals surface area contributed by atoms with Crippen LogP contribution >= 0.6 is 0 Å². The highest BCUT2D eigenvalue weighted by Crippen LogP contribution is 2.28. The maximum absolute atomic E-state index is 13.9. The molecule has 1 aromatic heterocycles. The maximum Gasteiger partial charge on any atom is 0.171 e. The summed E-state index contributed by atoms with van der Waals surface area (Å²) in [5, 5.41) is 9.00. The molecule has 88 valence electrons. The Balaban J connectivity index is 2.28. The summed E-state index contributed by atoms with van der Waals surface area (Å²) >= 11 is 0. The van der Waals surface area contributed by atoms with Crippen LogP contribution in [0.3, 0.4) is 0 Å². The summed E-state index contributed by atoms with van der Waals surface area (Å²) in [5.74, 6) is 1.10. The van der Waals surface area contributed by atoms with E-state index in [1.165, 1.54) is 6.07 Å². The Morgan fingerprint density at radius 1 is 1.44 bits per heavy atom. The van der Waals surface area contributed by atoms with Gasteiger partial charge in [0.15, 0.2) is 11.6 Å². The predicted octanol–water partition coefficient (Wildman–Crippen LogP) is 1.81. The van der Waals surface area contributed by atoms with Crippen molar-refractivity contribution in [3.63, 3.8) is 0 Å². The van der Waals surface area contributed by atoms with Crippen LogP contribution < -0.4 is 4.90 Å². The van der Waals surface area contributed by atoms with Gasteiger partial charge in [0.1, 0.15) is 0 Å². The normalized spacial score (nSPS) is 25.1. The monoisotopic (exact) mass is 224 g/mol. The van der Waals surface area contributed by atoms with Crippen molar-refractivity contribution < 1.29 is 9.50 Å². The van der Waals surface area contributed by atoms with Gasteiger partial charge >= 0.3 is 0 Å². The molecule has 16 heavy (non-hydrogen) atoms. The molecule has 0 aliphatic carbocycles. The predicted molar refractivity (Wildman–Crippen MR) is 60.7 cm³/mol. The third-order valence-corrected chi connectivity index (χ3v) is 3.41. The number of halogens is 1.